The summed E-state index contributed by atoms with van der Waals surface area (Å²) in [5.74, 6) is 0.466. The summed E-state index contributed by atoms with van der Waals surface area (Å²) < 4.78 is 0.652. The minimum Gasteiger partial charge on any atom is -0.339 e. The van der Waals surface area contributed by atoms with Crippen LogP contribution in [0.3, 0.4) is 0 Å². The summed E-state index contributed by atoms with van der Waals surface area (Å²) in [6.07, 6.45) is 0.571. The molecule has 21 heavy (non-hydrogen) atoms. The predicted molar refractivity (Wildman–Crippen MR) is 83.9 cm³/mol. The second-order valence-electron chi connectivity index (χ2n) is 5.62. The molecule has 0 bridgehead atoms. The molecule has 2 amide bonds. The summed E-state index contributed by atoms with van der Waals surface area (Å²) in [7, 11) is 0. The molecule has 1 saturated heterocycles. The standard InChI is InChI=1S/C15H20BrN3O2/c1-11(2)10-14(20)18-6-8-19(9-7-18)15(21)12-4-3-5-13(16)17-12/h3-5,11H,6-10H2,1-2H3. The Morgan fingerprint density at radius 3 is 2.38 bits per heavy atom. The van der Waals surface area contributed by atoms with E-state index in [0.717, 1.165) is 0 Å². The molecular formula is C15H20BrN3O2. The van der Waals surface area contributed by atoms with Crippen LogP contribution in [-0.4, -0.2) is 52.8 Å². The summed E-state index contributed by atoms with van der Waals surface area (Å²) in [5.41, 5.74) is 0.436. The van der Waals surface area contributed by atoms with Crippen molar-refractivity contribution in [3.8, 4) is 0 Å². The van der Waals surface area contributed by atoms with Gasteiger partial charge < -0.3 is 9.80 Å². The van der Waals surface area contributed by atoms with E-state index < -0.39 is 0 Å². The number of amides is 2. The average Bonchev–Trinajstić information content (AvgIpc) is 2.46. The van der Waals surface area contributed by atoms with Crippen molar-refractivity contribution in [3.63, 3.8) is 0 Å². The van der Waals surface area contributed by atoms with Gasteiger partial charge in [-0.2, -0.15) is 0 Å². The lowest BCUT2D eigenvalue weighted by molar-refractivity contribution is -0.133. The molecule has 114 valence electrons. The van der Waals surface area contributed by atoms with Crippen molar-refractivity contribution in [3.05, 3.63) is 28.5 Å². The van der Waals surface area contributed by atoms with Crippen molar-refractivity contribution in [2.45, 2.75) is 20.3 Å². The Labute approximate surface area is 133 Å². The molecular weight excluding hydrogens is 334 g/mol. The van der Waals surface area contributed by atoms with Crippen LogP contribution in [-0.2, 0) is 4.79 Å². The van der Waals surface area contributed by atoms with Gasteiger partial charge in [0.25, 0.3) is 5.91 Å². The van der Waals surface area contributed by atoms with Gasteiger partial charge in [-0.3, -0.25) is 9.59 Å². The summed E-state index contributed by atoms with van der Waals surface area (Å²) in [6.45, 7) is 6.41. The maximum atomic E-state index is 12.3. The second-order valence-corrected chi connectivity index (χ2v) is 6.43. The fourth-order valence-electron chi connectivity index (χ4n) is 2.33. The topological polar surface area (TPSA) is 53.5 Å². The van der Waals surface area contributed by atoms with E-state index in [-0.39, 0.29) is 11.8 Å². The Hall–Kier alpha value is -1.43. The highest BCUT2D eigenvalue weighted by molar-refractivity contribution is 9.10. The first-order valence-corrected chi connectivity index (χ1v) is 7.96. The molecule has 2 rings (SSSR count). The average molecular weight is 354 g/mol. The van der Waals surface area contributed by atoms with Gasteiger partial charge in [0.05, 0.1) is 0 Å². The summed E-state index contributed by atoms with van der Waals surface area (Å²) in [6, 6.07) is 5.30. The quantitative estimate of drug-likeness (QED) is 0.782. The van der Waals surface area contributed by atoms with Crippen LogP contribution in [0.4, 0.5) is 0 Å². The predicted octanol–water partition coefficient (Wildman–Crippen LogP) is 2.17. The summed E-state index contributed by atoms with van der Waals surface area (Å²) >= 11 is 3.27. The zero-order valence-corrected chi connectivity index (χ0v) is 14.0. The first-order chi connectivity index (χ1) is 9.97. The Morgan fingerprint density at radius 1 is 1.19 bits per heavy atom. The highest BCUT2D eigenvalue weighted by atomic mass is 79.9. The Kier molecular flexibility index (Phi) is 5.33. The molecule has 2 heterocycles. The van der Waals surface area contributed by atoms with Gasteiger partial charge in [-0.05, 0) is 34.0 Å². The van der Waals surface area contributed by atoms with Crippen molar-refractivity contribution in [2.24, 2.45) is 5.92 Å². The Bertz CT molecular complexity index is 525. The van der Waals surface area contributed by atoms with Gasteiger partial charge in [-0.15, -0.1) is 0 Å². The molecule has 5 nitrogen and oxygen atoms in total. The van der Waals surface area contributed by atoms with Crippen molar-refractivity contribution in [2.75, 3.05) is 26.2 Å². The molecule has 0 saturated carbocycles. The smallest absolute Gasteiger partial charge is 0.272 e. The first-order valence-electron chi connectivity index (χ1n) is 7.17. The summed E-state index contributed by atoms with van der Waals surface area (Å²) in [4.78, 5) is 32.1. The van der Waals surface area contributed by atoms with Gasteiger partial charge in [-0.25, -0.2) is 4.98 Å². The molecule has 0 N–H and O–H groups in total. The normalized spacial score (nSPS) is 15.4. The van der Waals surface area contributed by atoms with E-state index in [0.29, 0.717) is 48.8 Å². The number of hydrogen-bond donors (Lipinski definition) is 0. The molecule has 1 aromatic rings. The van der Waals surface area contributed by atoms with Crippen LogP contribution in [0.5, 0.6) is 0 Å². The molecule has 0 radical (unpaired) electrons. The van der Waals surface area contributed by atoms with Crippen molar-refractivity contribution < 1.29 is 9.59 Å². The zero-order chi connectivity index (χ0) is 15.4. The van der Waals surface area contributed by atoms with E-state index in [9.17, 15) is 9.59 Å². The van der Waals surface area contributed by atoms with Crippen LogP contribution in [0.15, 0.2) is 22.8 Å². The van der Waals surface area contributed by atoms with Crippen LogP contribution < -0.4 is 0 Å². The Morgan fingerprint density at radius 2 is 1.81 bits per heavy atom. The molecule has 0 unspecified atom stereocenters. The van der Waals surface area contributed by atoms with E-state index in [1.165, 1.54) is 0 Å². The van der Waals surface area contributed by atoms with Gasteiger partial charge in [-0.1, -0.05) is 19.9 Å². The van der Waals surface area contributed by atoms with Crippen molar-refractivity contribution >= 4 is 27.7 Å². The third-order valence-electron chi connectivity index (χ3n) is 3.44. The van der Waals surface area contributed by atoms with E-state index in [2.05, 4.69) is 20.9 Å². The molecule has 0 spiro atoms. The van der Waals surface area contributed by atoms with Crippen LogP contribution in [0.25, 0.3) is 0 Å². The molecule has 1 aromatic heterocycles. The van der Waals surface area contributed by atoms with E-state index in [1.807, 2.05) is 18.7 Å². The number of halogens is 1. The molecule has 0 aromatic carbocycles. The van der Waals surface area contributed by atoms with Gasteiger partial charge in [0.2, 0.25) is 5.91 Å². The van der Waals surface area contributed by atoms with E-state index >= 15 is 0 Å². The highest BCUT2D eigenvalue weighted by Gasteiger charge is 2.25. The van der Waals surface area contributed by atoms with Crippen LogP contribution >= 0.6 is 15.9 Å². The number of pyridine rings is 1. The number of nitrogens with zero attached hydrogens (tertiary/aromatic N) is 3. The molecule has 0 atom stereocenters. The van der Waals surface area contributed by atoms with Crippen LogP contribution in [0.1, 0.15) is 30.8 Å². The lowest BCUT2D eigenvalue weighted by Crippen LogP contribution is -2.50. The summed E-state index contributed by atoms with van der Waals surface area (Å²) in [5, 5.41) is 0. The van der Waals surface area contributed by atoms with Gasteiger partial charge in [0, 0.05) is 32.6 Å². The number of hydrogen-bond acceptors (Lipinski definition) is 3. The van der Waals surface area contributed by atoms with Crippen molar-refractivity contribution in [1.82, 2.24) is 14.8 Å². The first kappa shape index (κ1) is 15.9. The van der Waals surface area contributed by atoms with Gasteiger partial charge in [0.1, 0.15) is 10.3 Å². The number of piperazine rings is 1. The monoisotopic (exact) mass is 353 g/mol. The third kappa shape index (κ3) is 4.27. The van der Waals surface area contributed by atoms with E-state index in [4.69, 9.17) is 0 Å². The SMILES string of the molecule is CC(C)CC(=O)N1CCN(C(=O)c2cccc(Br)n2)CC1. The molecule has 1 fully saturated rings. The number of carbonyl (C=O) groups excluding carboxylic acids is 2. The minimum absolute atomic E-state index is 0.0766. The fraction of sp³-hybridized carbons (Fsp3) is 0.533. The Balaban J connectivity index is 1.92. The molecule has 1 aliphatic heterocycles. The van der Waals surface area contributed by atoms with Gasteiger partial charge >= 0.3 is 0 Å². The lowest BCUT2D eigenvalue weighted by atomic mass is 10.1. The largest absolute Gasteiger partial charge is 0.339 e. The van der Waals surface area contributed by atoms with Crippen LogP contribution in [0.2, 0.25) is 0 Å². The molecule has 1 aliphatic rings. The minimum atomic E-state index is -0.0766. The van der Waals surface area contributed by atoms with Gasteiger partial charge in [0.15, 0.2) is 0 Å². The molecule has 0 aliphatic carbocycles. The maximum absolute atomic E-state index is 12.3. The third-order valence-corrected chi connectivity index (χ3v) is 3.88. The number of carbonyl (C=O) groups is 2. The van der Waals surface area contributed by atoms with Crippen molar-refractivity contribution in [1.29, 1.82) is 0 Å². The van der Waals surface area contributed by atoms with E-state index in [1.54, 1.807) is 23.1 Å². The van der Waals surface area contributed by atoms with Crippen LogP contribution in [0, 0.1) is 5.92 Å². The maximum Gasteiger partial charge on any atom is 0.272 e. The highest BCUT2D eigenvalue weighted by Crippen LogP contribution is 2.12. The molecule has 6 heteroatoms. The number of rotatable bonds is 3. The zero-order valence-electron chi connectivity index (χ0n) is 12.4. The second kappa shape index (κ2) is 7.02. The fourth-order valence-corrected chi connectivity index (χ4v) is 2.67. The lowest BCUT2D eigenvalue weighted by Gasteiger charge is -2.35. The number of aromatic nitrogens is 1.